The third-order valence-electron chi connectivity index (χ3n) is 8.70. The molecule has 0 saturated heterocycles. The molecule has 4 aliphatic carbocycles. The average Bonchev–Trinajstić information content (AvgIpc) is 2.87. The van der Waals surface area contributed by atoms with E-state index in [2.05, 4.69) is 29.8 Å². The molecule has 0 aliphatic heterocycles. The third-order valence-corrected chi connectivity index (χ3v) is 9.21. The molecule has 4 heteroatoms. The second kappa shape index (κ2) is 5.76. The molecule has 138 valence electrons. The third kappa shape index (κ3) is 2.25. The van der Waals surface area contributed by atoms with Crippen LogP contribution in [0.15, 0.2) is 11.6 Å². The van der Waals surface area contributed by atoms with Gasteiger partial charge in [0.15, 0.2) is 11.6 Å². The minimum absolute atomic E-state index is 0.0400. The van der Waals surface area contributed by atoms with E-state index in [9.17, 15) is 14.7 Å². The number of fused-ring (bicyclic) bond motifs is 5. The molecule has 4 aliphatic rings. The minimum Gasteiger partial charge on any atom is -0.381 e. The van der Waals surface area contributed by atoms with Gasteiger partial charge in [-0.25, -0.2) is 0 Å². The van der Waals surface area contributed by atoms with Crippen molar-refractivity contribution in [1.29, 1.82) is 0 Å². The van der Waals surface area contributed by atoms with Gasteiger partial charge in [-0.1, -0.05) is 35.4 Å². The summed E-state index contributed by atoms with van der Waals surface area (Å²) < 4.78 is 0. The highest BCUT2D eigenvalue weighted by Gasteiger charge is 2.65. The largest absolute Gasteiger partial charge is 0.381 e. The Kier molecular flexibility index (Phi) is 4.12. The fraction of sp³-hybridized carbons (Fsp3) is 0.810. The highest BCUT2D eigenvalue weighted by atomic mass is 79.9. The fourth-order valence-corrected chi connectivity index (χ4v) is 7.61. The lowest BCUT2D eigenvalue weighted by molar-refractivity contribution is -0.159. The number of hydrogen-bond donors (Lipinski definition) is 1. The number of carbonyl (C=O) groups excluding carboxylic acids is 2. The smallest absolute Gasteiger partial charge is 0.175 e. The van der Waals surface area contributed by atoms with Crippen molar-refractivity contribution in [2.24, 2.45) is 28.6 Å². The summed E-state index contributed by atoms with van der Waals surface area (Å²) in [5.74, 6) is 1.85. The molecule has 3 nitrogen and oxygen atoms in total. The molecule has 0 aromatic carbocycles. The molecule has 3 fully saturated rings. The summed E-state index contributed by atoms with van der Waals surface area (Å²) in [6.07, 6.45) is 9.28. The molecule has 4 rings (SSSR count). The lowest BCUT2D eigenvalue weighted by Gasteiger charge is -2.58. The van der Waals surface area contributed by atoms with Crippen molar-refractivity contribution >= 4 is 27.5 Å². The average molecular weight is 409 g/mol. The van der Waals surface area contributed by atoms with Gasteiger partial charge in [0.25, 0.3) is 0 Å². The van der Waals surface area contributed by atoms with Gasteiger partial charge in [0, 0.05) is 11.8 Å². The topological polar surface area (TPSA) is 54.4 Å². The van der Waals surface area contributed by atoms with E-state index >= 15 is 0 Å². The first-order valence-electron chi connectivity index (χ1n) is 9.82. The van der Waals surface area contributed by atoms with Gasteiger partial charge < -0.3 is 5.11 Å². The second-order valence-corrected chi connectivity index (χ2v) is 9.94. The van der Waals surface area contributed by atoms with Gasteiger partial charge in [-0.3, -0.25) is 9.59 Å². The van der Waals surface area contributed by atoms with Crippen molar-refractivity contribution in [3.63, 3.8) is 0 Å². The Balaban J connectivity index is 1.68. The van der Waals surface area contributed by atoms with Crippen molar-refractivity contribution in [2.75, 3.05) is 5.33 Å². The van der Waals surface area contributed by atoms with E-state index in [1.165, 1.54) is 5.57 Å². The minimum atomic E-state index is -1.16. The number of allylic oxidation sites excluding steroid dienone is 1. The van der Waals surface area contributed by atoms with E-state index in [1.807, 2.05) is 6.08 Å². The van der Waals surface area contributed by atoms with Crippen molar-refractivity contribution in [1.82, 2.24) is 0 Å². The van der Waals surface area contributed by atoms with E-state index < -0.39 is 5.60 Å². The summed E-state index contributed by atoms with van der Waals surface area (Å²) in [7, 11) is 0. The number of aliphatic hydroxyl groups is 1. The molecule has 0 radical (unpaired) electrons. The molecular weight excluding hydrogens is 380 g/mol. The maximum Gasteiger partial charge on any atom is 0.175 e. The van der Waals surface area contributed by atoms with Gasteiger partial charge in [-0.15, -0.1) is 0 Å². The van der Waals surface area contributed by atoms with Crippen LogP contribution in [0.2, 0.25) is 0 Å². The first-order valence-corrected chi connectivity index (χ1v) is 10.9. The molecule has 0 aromatic rings. The second-order valence-electron chi connectivity index (χ2n) is 9.38. The lowest BCUT2D eigenvalue weighted by Crippen LogP contribution is -2.57. The van der Waals surface area contributed by atoms with Crippen molar-refractivity contribution in [3.8, 4) is 0 Å². The Bertz CT molecular complexity index is 656. The van der Waals surface area contributed by atoms with Crippen LogP contribution in [0.5, 0.6) is 0 Å². The summed E-state index contributed by atoms with van der Waals surface area (Å²) in [6.45, 7) is 4.54. The van der Waals surface area contributed by atoms with Crippen LogP contribution in [0.1, 0.15) is 65.2 Å². The van der Waals surface area contributed by atoms with Gasteiger partial charge in [-0.05, 0) is 74.2 Å². The molecule has 0 spiro atoms. The van der Waals surface area contributed by atoms with Crippen LogP contribution in [0, 0.1) is 28.6 Å². The van der Waals surface area contributed by atoms with Gasteiger partial charge in [0.05, 0.1) is 5.33 Å². The molecule has 0 bridgehead atoms. The zero-order chi connectivity index (χ0) is 18.0. The molecule has 1 N–H and O–H groups in total. The summed E-state index contributed by atoms with van der Waals surface area (Å²) in [4.78, 5) is 24.4. The Morgan fingerprint density at radius 2 is 1.88 bits per heavy atom. The zero-order valence-electron chi connectivity index (χ0n) is 15.3. The number of hydrogen-bond acceptors (Lipinski definition) is 3. The molecule has 6 atom stereocenters. The highest BCUT2D eigenvalue weighted by Crippen LogP contribution is 2.67. The van der Waals surface area contributed by atoms with E-state index in [0.29, 0.717) is 36.4 Å². The van der Waals surface area contributed by atoms with Crippen LogP contribution >= 0.6 is 15.9 Å². The fourth-order valence-electron chi connectivity index (χ4n) is 7.14. The van der Waals surface area contributed by atoms with Crippen molar-refractivity contribution in [3.05, 3.63) is 11.6 Å². The quantitative estimate of drug-likeness (QED) is 0.695. The van der Waals surface area contributed by atoms with Gasteiger partial charge in [0.2, 0.25) is 0 Å². The molecular formula is C21H29BrO3. The number of rotatable bonds is 2. The van der Waals surface area contributed by atoms with Crippen LogP contribution in [-0.2, 0) is 9.59 Å². The maximum atomic E-state index is 12.5. The Morgan fingerprint density at radius 1 is 1.16 bits per heavy atom. The molecule has 3 saturated carbocycles. The number of halogens is 1. The van der Waals surface area contributed by atoms with Gasteiger partial charge in [0.1, 0.15) is 5.60 Å². The number of ketones is 2. The van der Waals surface area contributed by atoms with Crippen LogP contribution in [-0.4, -0.2) is 27.6 Å². The molecule has 0 heterocycles. The summed E-state index contributed by atoms with van der Waals surface area (Å²) in [6, 6.07) is 0. The SMILES string of the molecule is C[C@]12CCC(=O)C=C1CCC1C2CC[C@@]2(C)C1CC[C@]2(O)C(=O)CBr. The summed E-state index contributed by atoms with van der Waals surface area (Å²) in [5, 5.41) is 11.5. The number of alkyl halides is 1. The molecule has 0 aromatic heterocycles. The first kappa shape index (κ1) is 17.9. The standard InChI is InChI=1S/C21H29BrO3/c1-19-8-5-14(23)11-13(19)3-4-15-16(19)6-9-20(2)17(15)7-10-21(20,25)18(24)12-22/h11,15-17,25H,3-10,12H2,1-2H3/t15?,16?,17?,19-,20-,21-/m0/s1. The normalized spacial score (nSPS) is 49.0. The Hall–Kier alpha value is -0.480. The molecule has 0 amide bonds. The lowest BCUT2D eigenvalue weighted by atomic mass is 9.46. The van der Waals surface area contributed by atoms with Crippen LogP contribution in [0.25, 0.3) is 0 Å². The van der Waals surface area contributed by atoms with E-state index in [-0.39, 0.29) is 21.9 Å². The predicted octanol–water partition coefficient (Wildman–Crippen LogP) is 4.21. The van der Waals surface area contributed by atoms with Crippen molar-refractivity contribution < 1.29 is 14.7 Å². The van der Waals surface area contributed by atoms with Crippen LogP contribution in [0.4, 0.5) is 0 Å². The Morgan fingerprint density at radius 3 is 2.60 bits per heavy atom. The van der Waals surface area contributed by atoms with E-state index in [4.69, 9.17) is 0 Å². The zero-order valence-corrected chi connectivity index (χ0v) is 16.9. The monoisotopic (exact) mass is 408 g/mol. The van der Waals surface area contributed by atoms with Crippen LogP contribution < -0.4 is 0 Å². The van der Waals surface area contributed by atoms with Crippen molar-refractivity contribution in [2.45, 2.75) is 70.8 Å². The molecule has 3 unspecified atom stereocenters. The predicted molar refractivity (Wildman–Crippen MR) is 100 cm³/mol. The highest BCUT2D eigenvalue weighted by molar-refractivity contribution is 9.09. The Labute approximate surface area is 158 Å². The van der Waals surface area contributed by atoms with E-state index in [0.717, 1.165) is 38.5 Å². The van der Waals surface area contributed by atoms with Gasteiger partial charge >= 0.3 is 0 Å². The maximum absolute atomic E-state index is 12.5. The van der Waals surface area contributed by atoms with Gasteiger partial charge in [-0.2, -0.15) is 0 Å². The molecule has 25 heavy (non-hydrogen) atoms. The first-order chi connectivity index (χ1) is 11.8. The summed E-state index contributed by atoms with van der Waals surface area (Å²) >= 11 is 3.28. The number of carbonyl (C=O) groups is 2. The number of Topliss-reactive ketones (excluding diaryl/α,β-unsaturated/α-hetero) is 1. The summed E-state index contributed by atoms with van der Waals surface area (Å²) in [5.41, 5.74) is 0.0730. The van der Waals surface area contributed by atoms with E-state index in [1.54, 1.807) is 0 Å². The van der Waals surface area contributed by atoms with Crippen LogP contribution in [0.3, 0.4) is 0 Å².